The maximum Gasteiger partial charge on any atom is 0.308 e. The molecule has 1 saturated heterocycles. The Morgan fingerprint density at radius 3 is 2.81 bits per heavy atom. The van der Waals surface area contributed by atoms with Crippen LogP contribution in [0.1, 0.15) is 26.2 Å². The molecule has 1 aliphatic rings. The number of likely N-dealkylation sites (tertiary alicyclic amines) is 1. The highest BCUT2D eigenvalue weighted by Crippen LogP contribution is 2.23. The molecule has 16 heavy (non-hydrogen) atoms. The lowest BCUT2D eigenvalue weighted by atomic mass is 10.1. The van der Waals surface area contributed by atoms with E-state index in [1.54, 1.807) is 6.08 Å². The Labute approximate surface area is 95.2 Å². The van der Waals surface area contributed by atoms with Gasteiger partial charge in [-0.25, -0.2) is 0 Å². The van der Waals surface area contributed by atoms with Gasteiger partial charge >= 0.3 is 5.97 Å². The second kappa shape index (κ2) is 5.49. The summed E-state index contributed by atoms with van der Waals surface area (Å²) < 4.78 is 0. The molecule has 1 atom stereocenters. The fraction of sp³-hybridized carbons (Fsp3) is 0.500. The highest BCUT2D eigenvalue weighted by atomic mass is 16.4. The summed E-state index contributed by atoms with van der Waals surface area (Å²) in [4.78, 5) is 23.9. The molecule has 0 spiro atoms. The van der Waals surface area contributed by atoms with Gasteiger partial charge in [-0.1, -0.05) is 26.0 Å². The number of carbonyl (C=O) groups excluding carboxylic acids is 1. The number of allylic oxidation sites excluding steroid dienone is 2. The Balaban J connectivity index is 2.76. The standard InChI is InChI=1S/C12H17NO3/c1-3-5-6-10(4-2)13-8-9(12(15)16)7-11(13)14/h4,6,9H,2-3,5,7-8H2,1H3,(H,15,16)/b10-6+. The second-order valence-electron chi connectivity index (χ2n) is 3.87. The monoisotopic (exact) mass is 223 g/mol. The highest BCUT2D eigenvalue weighted by molar-refractivity contribution is 5.87. The molecule has 1 unspecified atom stereocenters. The second-order valence-corrected chi connectivity index (χ2v) is 3.87. The summed E-state index contributed by atoms with van der Waals surface area (Å²) in [5.41, 5.74) is 0.732. The van der Waals surface area contributed by atoms with Gasteiger partial charge in [0.15, 0.2) is 0 Å². The smallest absolute Gasteiger partial charge is 0.308 e. The van der Waals surface area contributed by atoms with Crippen molar-refractivity contribution in [2.75, 3.05) is 6.54 Å². The minimum Gasteiger partial charge on any atom is -0.481 e. The topological polar surface area (TPSA) is 57.6 Å². The summed E-state index contributed by atoms with van der Waals surface area (Å²) in [6, 6.07) is 0. The lowest BCUT2D eigenvalue weighted by molar-refractivity contribution is -0.141. The summed E-state index contributed by atoms with van der Waals surface area (Å²) in [7, 11) is 0. The number of amides is 1. The quantitative estimate of drug-likeness (QED) is 0.723. The van der Waals surface area contributed by atoms with E-state index in [-0.39, 0.29) is 18.9 Å². The van der Waals surface area contributed by atoms with E-state index in [9.17, 15) is 9.59 Å². The van der Waals surface area contributed by atoms with Crippen LogP contribution in [0, 0.1) is 5.92 Å². The zero-order valence-electron chi connectivity index (χ0n) is 9.48. The van der Waals surface area contributed by atoms with Crippen LogP contribution in [-0.2, 0) is 9.59 Å². The zero-order valence-corrected chi connectivity index (χ0v) is 9.48. The Morgan fingerprint density at radius 1 is 1.69 bits per heavy atom. The van der Waals surface area contributed by atoms with Crippen molar-refractivity contribution >= 4 is 11.9 Å². The van der Waals surface area contributed by atoms with Crippen molar-refractivity contribution < 1.29 is 14.7 Å². The Hall–Kier alpha value is -1.58. The summed E-state index contributed by atoms with van der Waals surface area (Å²) in [5.74, 6) is -1.62. The molecule has 0 aromatic carbocycles. The van der Waals surface area contributed by atoms with Gasteiger partial charge in [0.1, 0.15) is 0 Å². The molecule has 0 saturated carbocycles. The average molecular weight is 223 g/mol. The van der Waals surface area contributed by atoms with Gasteiger partial charge in [-0.2, -0.15) is 0 Å². The number of carboxylic acids is 1. The highest BCUT2D eigenvalue weighted by Gasteiger charge is 2.35. The van der Waals surface area contributed by atoms with Crippen LogP contribution < -0.4 is 0 Å². The molecule has 1 fully saturated rings. The number of unbranched alkanes of at least 4 members (excludes halogenated alkanes) is 1. The molecule has 1 rings (SSSR count). The van der Waals surface area contributed by atoms with Crippen LogP contribution in [0.15, 0.2) is 24.4 Å². The first-order valence-electron chi connectivity index (χ1n) is 5.45. The predicted molar refractivity (Wildman–Crippen MR) is 60.6 cm³/mol. The van der Waals surface area contributed by atoms with Gasteiger partial charge in [0.05, 0.1) is 5.92 Å². The number of aliphatic carboxylic acids is 1. The number of hydrogen-bond acceptors (Lipinski definition) is 2. The van der Waals surface area contributed by atoms with E-state index in [2.05, 4.69) is 6.58 Å². The normalized spacial score (nSPS) is 21.3. The van der Waals surface area contributed by atoms with Crippen LogP contribution in [0.5, 0.6) is 0 Å². The van der Waals surface area contributed by atoms with Gasteiger partial charge in [0, 0.05) is 18.7 Å². The largest absolute Gasteiger partial charge is 0.481 e. The fourth-order valence-corrected chi connectivity index (χ4v) is 1.72. The summed E-state index contributed by atoms with van der Waals surface area (Å²) >= 11 is 0. The van der Waals surface area contributed by atoms with Crippen LogP contribution >= 0.6 is 0 Å². The van der Waals surface area contributed by atoms with Crippen LogP contribution in [0.4, 0.5) is 0 Å². The van der Waals surface area contributed by atoms with E-state index < -0.39 is 11.9 Å². The van der Waals surface area contributed by atoms with Crippen molar-refractivity contribution in [3.8, 4) is 0 Å². The molecule has 1 heterocycles. The third kappa shape index (κ3) is 2.72. The first kappa shape index (κ1) is 12.5. The van der Waals surface area contributed by atoms with E-state index >= 15 is 0 Å². The molecule has 4 nitrogen and oxygen atoms in total. The number of hydrogen-bond donors (Lipinski definition) is 1. The zero-order chi connectivity index (χ0) is 12.1. The third-order valence-corrected chi connectivity index (χ3v) is 2.64. The molecule has 1 aliphatic heterocycles. The van der Waals surface area contributed by atoms with Gasteiger partial charge < -0.3 is 10.0 Å². The molecule has 0 radical (unpaired) electrons. The lowest BCUT2D eigenvalue weighted by Crippen LogP contribution is -2.24. The Morgan fingerprint density at radius 2 is 2.38 bits per heavy atom. The molecular formula is C12H17NO3. The Kier molecular flexibility index (Phi) is 4.28. The molecule has 88 valence electrons. The molecule has 1 amide bonds. The molecule has 0 aromatic rings. The third-order valence-electron chi connectivity index (χ3n) is 2.64. The van der Waals surface area contributed by atoms with E-state index in [1.807, 2.05) is 13.0 Å². The maximum atomic E-state index is 11.6. The number of carboxylic acid groups (broad SMARTS) is 1. The van der Waals surface area contributed by atoms with E-state index in [4.69, 9.17) is 5.11 Å². The summed E-state index contributed by atoms with van der Waals surface area (Å²) in [6.07, 6.45) is 5.48. The van der Waals surface area contributed by atoms with Crippen molar-refractivity contribution in [1.29, 1.82) is 0 Å². The van der Waals surface area contributed by atoms with Crippen LogP contribution in [0.2, 0.25) is 0 Å². The summed E-state index contributed by atoms with van der Waals surface area (Å²) in [6.45, 7) is 5.96. The van der Waals surface area contributed by atoms with Crippen molar-refractivity contribution in [2.45, 2.75) is 26.2 Å². The van der Waals surface area contributed by atoms with Crippen molar-refractivity contribution in [1.82, 2.24) is 4.90 Å². The Bertz CT molecular complexity index is 333. The van der Waals surface area contributed by atoms with Crippen LogP contribution in [0.25, 0.3) is 0 Å². The minimum absolute atomic E-state index is 0.0899. The van der Waals surface area contributed by atoms with Crippen LogP contribution in [-0.4, -0.2) is 28.4 Å². The van der Waals surface area contributed by atoms with Gasteiger partial charge in [-0.15, -0.1) is 0 Å². The number of nitrogens with zero attached hydrogens (tertiary/aromatic N) is 1. The van der Waals surface area contributed by atoms with Gasteiger partial charge in [0.2, 0.25) is 5.91 Å². The fourth-order valence-electron chi connectivity index (χ4n) is 1.72. The first-order valence-corrected chi connectivity index (χ1v) is 5.45. The van der Waals surface area contributed by atoms with Gasteiger partial charge in [0.25, 0.3) is 0 Å². The van der Waals surface area contributed by atoms with E-state index in [0.29, 0.717) is 0 Å². The molecule has 0 aliphatic carbocycles. The molecule has 1 N–H and O–H groups in total. The molecular weight excluding hydrogens is 206 g/mol. The average Bonchev–Trinajstić information content (AvgIpc) is 2.62. The van der Waals surface area contributed by atoms with Crippen molar-refractivity contribution in [3.05, 3.63) is 24.4 Å². The van der Waals surface area contributed by atoms with Crippen molar-refractivity contribution in [3.63, 3.8) is 0 Å². The molecule has 4 heteroatoms. The maximum absolute atomic E-state index is 11.6. The first-order chi connectivity index (χ1) is 7.60. The van der Waals surface area contributed by atoms with E-state index in [0.717, 1.165) is 18.5 Å². The molecule has 0 aromatic heterocycles. The lowest BCUT2D eigenvalue weighted by Gasteiger charge is -2.17. The molecule has 0 bridgehead atoms. The van der Waals surface area contributed by atoms with Gasteiger partial charge in [-0.3, -0.25) is 9.59 Å². The van der Waals surface area contributed by atoms with E-state index in [1.165, 1.54) is 4.90 Å². The summed E-state index contributed by atoms with van der Waals surface area (Å²) in [5, 5.41) is 8.86. The minimum atomic E-state index is -0.908. The van der Waals surface area contributed by atoms with Crippen LogP contribution in [0.3, 0.4) is 0 Å². The predicted octanol–water partition coefficient (Wildman–Crippen LogP) is 1.79. The SMILES string of the molecule is C=C/C(=C\CCC)N1CC(C(=O)O)CC1=O. The number of rotatable bonds is 5. The number of carbonyl (C=O) groups is 2. The van der Waals surface area contributed by atoms with Crippen molar-refractivity contribution in [2.24, 2.45) is 5.92 Å². The van der Waals surface area contributed by atoms with Gasteiger partial charge in [-0.05, 0) is 12.5 Å².